The molecule has 0 spiro atoms. The number of hydrogen-bond donors (Lipinski definition) is 1. The van der Waals surface area contributed by atoms with E-state index in [4.69, 9.17) is 0 Å². The zero-order valence-electron chi connectivity index (χ0n) is 13.1. The number of benzene rings is 2. The van der Waals surface area contributed by atoms with E-state index >= 15 is 0 Å². The number of anilines is 1. The maximum Gasteiger partial charge on any atom is 0.196 e. The lowest BCUT2D eigenvalue weighted by atomic mass is 9.82. The molecule has 3 heteroatoms. The van der Waals surface area contributed by atoms with E-state index in [1.807, 2.05) is 13.0 Å². The van der Waals surface area contributed by atoms with Crippen LogP contribution in [0.5, 0.6) is 0 Å². The maximum absolute atomic E-state index is 12.9. The summed E-state index contributed by atoms with van der Waals surface area (Å²) in [4.78, 5) is 25.6. The molecule has 0 unspecified atom stereocenters. The summed E-state index contributed by atoms with van der Waals surface area (Å²) in [5.74, 6) is 0.315. The summed E-state index contributed by atoms with van der Waals surface area (Å²) in [5, 5.41) is 3.35. The van der Waals surface area contributed by atoms with Crippen LogP contribution in [0.3, 0.4) is 0 Å². The molecule has 0 atom stereocenters. The van der Waals surface area contributed by atoms with Crippen molar-refractivity contribution in [3.8, 4) is 0 Å². The number of hydrogen-bond acceptors (Lipinski definition) is 3. The molecule has 1 aliphatic carbocycles. The van der Waals surface area contributed by atoms with E-state index in [2.05, 4.69) is 19.2 Å². The Labute approximate surface area is 130 Å². The van der Waals surface area contributed by atoms with Crippen LogP contribution in [0.25, 0.3) is 0 Å². The third-order valence-electron chi connectivity index (χ3n) is 3.99. The van der Waals surface area contributed by atoms with Crippen LogP contribution in [-0.2, 0) is 0 Å². The first-order chi connectivity index (χ1) is 10.5. The fraction of sp³-hybridized carbons (Fsp3) is 0.263. The van der Waals surface area contributed by atoms with Gasteiger partial charge in [0.1, 0.15) is 0 Å². The van der Waals surface area contributed by atoms with Gasteiger partial charge in [0.25, 0.3) is 0 Å². The lowest BCUT2D eigenvalue weighted by Gasteiger charge is -2.22. The second-order valence-electron chi connectivity index (χ2n) is 6.16. The first-order valence-corrected chi connectivity index (χ1v) is 7.56. The predicted octanol–water partition coefficient (Wildman–Crippen LogP) is 3.84. The highest BCUT2D eigenvalue weighted by atomic mass is 16.1. The number of carbonyl (C=O) groups is 2. The Kier molecular flexibility index (Phi) is 3.57. The monoisotopic (exact) mass is 293 g/mol. The SMILES string of the molecule is Cc1ccc2c(c1NCC(C)C)C(=O)c1ccccc1C2=O. The third-order valence-corrected chi connectivity index (χ3v) is 3.99. The fourth-order valence-corrected chi connectivity index (χ4v) is 2.82. The molecular weight excluding hydrogens is 274 g/mol. The maximum atomic E-state index is 12.9. The number of aryl methyl sites for hydroxylation is 1. The summed E-state index contributed by atoms with van der Waals surface area (Å²) in [5.41, 5.74) is 3.79. The fourth-order valence-electron chi connectivity index (χ4n) is 2.82. The van der Waals surface area contributed by atoms with Gasteiger partial charge in [-0.05, 0) is 24.5 Å². The van der Waals surface area contributed by atoms with Crippen LogP contribution in [-0.4, -0.2) is 18.1 Å². The van der Waals surface area contributed by atoms with Gasteiger partial charge < -0.3 is 5.32 Å². The summed E-state index contributed by atoms with van der Waals surface area (Å²) in [7, 11) is 0. The van der Waals surface area contributed by atoms with Crippen LogP contribution >= 0.6 is 0 Å². The highest BCUT2D eigenvalue weighted by Crippen LogP contribution is 2.34. The van der Waals surface area contributed by atoms with Gasteiger partial charge >= 0.3 is 0 Å². The van der Waals surface area contributed by atoms with Crippen molar-refractivity contribution < 1.29 is 9.59 Å². The molecule has 1 aliphatic rings. The minimum absolute atomic E-state index is 0.0693. The Morgan fingerprint density at radius 3 is 2.18 bits per heavy atom. The zero-order chi connectivity index (χ0) is 15.9. The lowest BCUT2D eigenvalue weighted by Crippen LogP contribution is -2.23. The number of nitrogens with one attached hydrogen (secondary N) is 1. The van der Waals surface area contributed by atoms with Gasteiger partial charge in [-0.25, -0.2) is 0 Å². The van der Waals surface area contributed by atoms with E-state index in [1.54, 1.807) is 30.3 Å². The minimum Gasteiger partial charge on any atom is -0.384 e. The van der Waals surface area contributed by atoms with Crippen LogP contribution in [0.4, 0.5) is 5.69 Å². The molecule has 0 aliphatic heterocycles. The normalized spacial score (nSPS) is 13.1. The van der Waals surface area contributed by atoms with Crippen molar-refractivity contribution in [2.45, 2.75) is 20.8 Å². The van der Waals surface area contributed by atoms with Crippen molar-refractivity contribution >= 4 is 17.3 Å². The second-order valence-corrected chi connectivity index (χ2v) is 6.16. The largest absolute Gasteiger partial charge is 0.384 e. The highest BCUT2D eigenvalue weighted by Gasteiger charge is 2.31. The number of fused-ring (bicyclic) bond motifs is 2. The number of carbonyl (C=O) groups excluding carboxylic acids is 2. The third kappa shape index (κ3) is 2.23. The van der Waals surface area contributed by atoms with E-state index < -0.39 is 0 Å². The first kappa shape index (κ1) is 14.5. The van der Waals surface area contributed by atoms with Crippen molar-refractivity contribution in [1.29, 1.82) is 0 Å². The zero-order valence-corrected chi connectivity index (χ0v) is 13.1. The Morgan fingerprint density at radius 1 is 0.909 bits per heavy atom. The predicted molar refractivity (Wildman–Crippen MR) is 87.8 cm³/mol. The van der Waals surface area contributed by atoms with Crippen LogP contribution in [0.2, 0.25) is 0 Å². The van der Waals surface area contributed by atoms with Crippen LogP contribution in [0.15, 0.2) is 36.4 Å². The first-order valence-electron chi connectivity index (χ1n) is 7.56. The van der Waals surface area contributed by atoms with E-state index in [1.165, 1.54) is 0 Å². The molecule has 1 N–H and O–H groups in total. The lowest BCUT2D eigenvalue weighted by molar-refractivity contribution is 0.0979. The van der Waals surface area contributed by atoms with Crippen molar-refractivity contribution in [2.24, 2.45) is 5.92 Å². The molecule has 0 saturated heterocycles. The van der Waals surface area contributed by atoms with Gasteiger partial charge in [-0.2, -0.15) is 0 Å². The quantitative estimate of drug-likeness (QED) is 0.798. The van der Waals surface area contributed by atoms with Gasteiger partial charge in [-0.3, -0.25) is 9.59 Å². The Bertz CT molecular complexity index is 775. The molecule has 0 amide bonds. The van der Waals surface area contributed by atoms with Crippen LogP contribution < -0.4 is 5.32 Å². The van der Waals surface area contributed by atoms with Gasteiger partial charge in [0.05, 0.1) is 5.56 Å². The van der Waals surface area contributed by atoms with E-state index in [-0.39, 0.29) is 11.6 Å². The summed E-state index contributed by atoms with van der Waals surface area (Å²) in [6, 6.07) is 10.7. The van der Waals surface area contributed by atoms with Gasteiger partial charge in [0, 0.05) is 28.9 Å². The molecule has 2 aromatic carbocycles. The minimum atomic E-state index is -0.0715. The Balaban J connectivity index is 2.18. The van der Waals surface area contributed by atoms with Crippen LogP contribution in [0, 0.1) is 12.8 Å². The molecule has 22 heavy (non-hydrogen) atoms. The van der Waals surface area contributed by atoms with Gasteiger partial charge in [-0.15, -0.1) is 0 Å². The smallest absolute Gasteiger partial charge is 0.196 e. The van der Waals surface area contributed by atoms with E-state index in [0.717, 1.165) is 17.8 Å². The Hall–Kier alpha value is -2.42. The van der Waals surface area contributed by atoms with Crippen molar-refractivity contribution in [3.05, 3.63) is 64.2 Å². The second kappa shape index (κ2) is 5.41. The molecule has 2 aromatic rings. The Morgan fingerprint density at radius 2 is 1.55 bits per heavy atom. The van der Waals surface area contributed by atoms with Gasteiger partial charge in [-0.1, -0.05) is 44.2 Å². The summed E-state index contributed by atoms with van der Waals surface area (Å²) in [6.07, 6.45) is 0. The molecule has 0 heterocycles. The summed E-state index contributed by atoms with van der Waals surface area (Å²) in [6.45, 7) is 6.95. The molecular formula is C19H19NO2. The molecule has 112 valence electrons. The number of rotatable bonds is 3. The van der Waals surface area contributed by atoms with Gasteiger partial charge in [0.15, 0.2) is 11.6 Å². The standard InChI is InChI=1S/C19H19NO2/c1-11(2)10-20-17-12(3)8-9-15-16(17)19(22)14-7-5-4-6-13(14)18(15)21/h4-9,11,20H,10H2,1-3H3. The molecule has 0 aromatic heterocycles. The van der Waals surface area contributed by atoms with Crippen LogP contribution in [0.1, 0.15) is 51.3 Å². The average molecular weight is 293 g/mol. The van der Waals surface area contributed by atoms with Crippen molar-refractivity contribution in [1.82, 2.24) is 0 Å². The summed E-state index contributed by atoms with van der Waals surface area (Å²) < 4.78 is 0. The van der Waals surface area contributed by atoms with Crippen molar-refractivity contribution in [3.63, 3.8) is 0 Å². The van der Waals surface area contributed by atoms with E-state index in [9.17, 15) is 9.59 Å². The van der Waals surface area contributed by atoms with E-state index in [0.29, 0.717) is 28.2 Å². The molecule has 3 rings (SSSR count). The highest BCUT2D eigenvalue weighted by molar-refractivity contribution is 6.30. The molecule has 0 saturated carbocycles. The topological polar surface area (TPSA) is 46.2 Å². The molecule has 0 fully saturated rings. The molecule has 0 bridgehead atoms. The molecule has 0 radical (unpaired) electrons. The summed E-state index contributed by atoms with van der Waals surface area (Å²) >= 11 is 0. The number of ketones is 2. The van der Waals surface area contributed by atoms with Crippen molar-refractivity contribution in [2.75, 3.05) is 11.9 Å². The van der Waals surface area contributed by atoms with Gasteiger partial charge in [0.2, 0.25) is 0 Å². The average Bonchev–Trinajstić information content (AvgIpc) is 2.51. The molecule has 3 nitrogen and oxygen atoms in total.